The minimum absolute atomic E-state index is 0.0367. The number of ketones is 2. The van der Waals surface area contributed by atoms with Crippen LogP contribution in [0.15, 0.2) is 66.7 Å². The molecule has 172 valence electrons. The highest BCUT2D eigenvalue weighted by molar-refractivity contribution is 7.22. The summed E-state index contributed by atoms with van der Waals surface area (Å²) in [6.45, 7) is 1.64. The van der Waals surface area contributed by atoms with E-state index in [0.29, 0.717) is 11.4 Å². The van der Waals surface area contributed by atoms with Crippen molar-refractivity contribution < 1.29 is 9.59 Å². The molecule has 0 radical (unpaired) electrons. The molecule has 4 aromatic rings. The van der Waals surface area contributed by atoms with Crippen LogP contribution in [0.25, 0.3) is 21.3 Å². The van der Waals surface area contributed by atoms with Crippen LogP contribution in [0.3, 0.4) is 0 Å². The van der Waals surface area contributed by atoms with E-state index in [4.69, 9.17) is 11.6 Å². The van der Waals surface area contributed by atoms with Crippen LogP contribution in [0.1, 0.15) is 43.0 Å². The zero-order chi connectivity index (χ0) is 23.7. The van der Waals surface area contributed by atoms with Gasteiger partial charge in [-0.1, -0.05) is 65.8 Å². The van der Waals surface area contributed by atoms with E-state index in [0.717, 1.165) is 57.0 Å². The van der Waals surface area contributed by atoms with Crippen molar-refractivity contribution in [3.8, 4) is 11.1 Å². The van der Waals surface area contributed by atoms with Gasteiger partial charge in [-0.15, -0.1) is 0 Å². The fraction of sp³-hybridized carbons (Fsp3) is 0.250. The predicted molar refractivity (Wildman–Crippen MR) is 140 cm³/mol. The second-order valence-corrected chi connectivity index (χ2v) is 10.4. The molecule has 1 N–H and O–H groups in total. The third kappa shape index (κ3) is 4.91. The lowest BCUT2D eigenvalue weighted by molar-refractivity contribution is -0.121. The molecular weight excluding hydrogens is 464 g/mol. The van der Waals surface area contributed by atoms with E-state index in [-0.39, 0.29) is 23.4 Å². The van der Waals surface area contributed by atoms with Crippen molar-refractivity contribution in [3.05, 3.63) is 77.3 Å². The van der Waals surface area contributed by atoms with Crippen molar-refractivity contribution in [2.75, 3.05) is 5.32 Å². The number of Topliss-reactive ketones (excluding diaryl/α,β-unsaturated/α-hetero) is 2. The average molecular weight is 489 g/mol. The first kappa shape index (κ1) is 22.8. The molecule has 1 aliphatic carbocycles. The van der Waals surface area contributed by atoms with E-state index in [1.54, 1.807) is 18.3 Å². The van der Waals surface area contributed by atoms with E-state index in [2.05, 4.69) is 22.4 Å². The fourth-order valence-electron chi connectivity index (χ4n) is 4.68. The lowest BCUT2D eigenvalue weighted by Crippen LogP contribution is -2.26. The molecule has 0 amide bonds. The van der Waals surface area contributed by atoms with E-state index < -0.39 is 0 Å². The van der Waals surface area contributed by atoms with E-state index in [1.807, 2.05) is 54.6 Å². The summed E-state index contributed by atoms with van der Waals surface area (Å²) in [5.74, 6) is 0.361. The molecule has 4 nitrogen and oxygen atoms in total. The first-order valence-corrected chi connectivity index (χ1v) is 12.7. The van der Waals surface area contributed by atoms with Gasteiger partial charge in [-0.25, -0.2) is 4.98 Å². The zero-order valence-electron chi connectivity index (χ0n) is 18.9. The lowest BCUT2D eigenvalue weighted by atomic mass is 9.76. The molecule has 34 heavy (non-hydrogen) atoms. The van der Waals surface area contributed by atoms with Crippen LogP contribution in [0.4, 0.5) is 10.8 Å². The van der Waals surface area contributed by atoms with Crippen molar-refractivity contribution in [2.24, 2.45) is 11.8 Å². The molecule has 5 rings (SSSR count). The number of anilines is 2. The standard InChI is InChI=1S/C28H25ClN2O2S/c1-17(32)21-3-2-4-22(15-21)27(33)20-7-5-18(6-8-20)19-9-12-24(13-10-19)30-28-31-25-14-11-23(29)16-26(25)34-28/h5-14,16,21-22H,2-4,15H2,1H3,(H,30,31)/t21-,22+/m0/s1. The second-order valence-electron chi connectivity index (χ2n) is 8.95. The molecule has 0 spiro atoms. The Morgan fingerprint density at radius 2 is 1.62 bits per heavy atom. The SMILES string of the molecule is CC(=O)[C@H]1CCC[C@@H](C(=O)c2ccc(-c3ccc(Nc4nc5ccc(Cl)cc5s4)cc3)cc2)C1. The van der Waals surface area contributed by atoms with Crippen LogP contribution in [-0.4, -0.2) is 16.6 Å². The lowest BCUT2D eigenvalue weighted by Gasteiger charge is -2.26. The number of nitrogens with one attached hydrogen (secondary N) is 1. The number of hydrogen-bond donors (Lipinski definition) is 1. The van der Waals surface area contributed by atoms with Crippen molar-refractivity contribution >= 4 is 55.5 Å². The topological polar surface area (TPSA) is 59.1 Å². The summed E-state index contributed by atoms with van der Waals surface area (Å²) in [4.78, 5) is 29.4. The smallest absolute Gasteiger partial charge is 0.188 e. The zero-order valence-corrected chi connectivity index (χ0v) is 20.5. The van der Waals surface area contributed by atoms with Gasteiger partial charge in [-0.3, -0.25) is 9.59 Å². The number of nitrogens with zero attached hydrogens (tertiary/aromatic N) is 1. The van der Waals surface area contributed by atoms with Crippen LogP contribution >= 0.6 is 22.9 Å². The summed E-state index contributed by atoms with van der Waals surface area (Å²) in [5, 5.41) is 4.89. The first-order chi connectivity index (χ1) is 16.5. The van der Waals surface area contributed by atoms with Crippen LogP contribution < -0.4 is 5.32 Å². The fourth-order valence-corrected chi connectivity index (χ4v) is 5.84. The van der Waals surface area contributed by atoms with Gasteiger partial charge in [-0.2, -0.15) is 0 Å². The average Bonchev–Trinajstić information content (AvgIpc) is 3.25. The third-order valence-corrected chi connectivity index (χ3v) is 7.78. The number of aromatic nitrogens is 1. The van der Waals surface area contributed by atoms with Gasteiger partial charge in [0.15, 0.2) is 10.9 Å². The number of carbonyl (C=O) groups excluding carboxylic acids is 2. The molecule has 1 aromatic heterocycles. The Morgan fingerprint density at radius 1 is 0.941 bits per heavy atom. The summed E-state index contributed by atoms with van der Waals surface area (Å²) in [6.07, 6.45) is 3.42. The molecule has 1 aliphatic rings. The Hall–Kier alpha value is -3.02. The van der Waals surface area contributed by atoms with Gasteiger partial charge in [0, 0.05) is 28.1 Å². The normalized spacial score (nSPS) is 18.1. The summed E-state index contributed by atoms with van der Waals surface area (Å²) < 4.78 is 1.05. The monoisotopic (exact) mass is 488 g/mol. The van der Waals surface area contributed by atoms with Gasteiger partial charge >= 0.3 is 0 Å². The van der Waals surface area contributed by atoms with E-state index >= 15 is 0 Å². The molecule has 2 atom stereocenters. The van der Waals surface area contributed by atoms with Crippen LogP contribution in [0.5, 0.6) is 0 Å². The molecule has 6 heteroatoms. The quantitative estimate of drug-likeness (QED) is 0.280. The minimum Gasteiger partial charge on any atom is -0.332 e. The minimum atomic E-state index is -0.0441. The molecule has 1 heterocycles. The number of thiazole rings is 1. The van der Waals surface area contributed by atoms with Gasteiger partial charge in [0.25, 0.3) is 0 Å². The van der Waals surface area contributed by atoms with Gasteiger partial charge in [0.2, 0.25) is 0 Å². The first-order valence-electron chi connectivity index (χ1n) is 11.5. The van der Waals surface area contributed by atoms with Crippen LogP contribution in [0, 0.1) is 11.8 Å². The summed E-state index contributed by atoms with van der Waals surface area (Å²) in [5.41, 5.74) is 4.75. The molecule has 1 fully saturated rings. The number of fused-ring (bicyclic) bond motifs is 1. The molecular formula is C28H25ClN2O2S. The Labute approximate surface area is 208 Å². The van der Waals surface area contributed by atoms with Crippen LogP contribution in [0.2, 0.25) is 5.02 Å². The Balaban J connectivity index is 1.26. The largest absolute Gasteiger partial charge is 0.332 e. The second kappa shape index (κ2) is 9.69. The summed E-state index contributed by atoms with van der Waals surface area (Å²) in [6, 6.07) is 21.7. The maximum Gasteiger partial charge on any atom is 0.188 e. The number of hydrogen-bond acceptors (Lipinski definition) is 5. The summed E-state index contributed by atoms with van der Waals surface area (Å²) >= 11 is 7.64. The molecule has 0 unspecified atom stereocenters. The highest BCUT2D eigenvalue weighted by Crippen LogP contribution is 2.33. The van der Waals surface area contributed by atoms with Gasteiger partial charge < -0.3 is 5.32 Å². The number of carbonyl (C=O) groups is 2. The predicted octanol–water partition coefficient (Wildman–Crippen LogP) is 7.94. The Kier molecular flexibility index (Phi) is 6.48. The van der Waals surface area contributed by atoms with Crippen LogP contribution in [-0.2, 0) is 4.79 Å². The third-order valence-electron chi connectivity index (χ3n) is 6.61. The van der Waals surface area contributed by atoms with Crippen molar-refractivity contribution in [1.29, 1.82) is 0 Å². The van der Waals surface area contributed by atoms with Gasteiger partial charge in [0.1, 0.15) is 5.78 Å². The number of rotatable bonds is 6. The molecule has 0 saturated heterocycles. The van der Waals surface area contributed by atoms with Crippen molar-refractivity contribution in [1.82, 2.24) is 4.98 Å². The maximum absolute atomic E-state index is 13.0. The number of halogens is 1. The molecule has 0 aliphatic heterocycles. The Morgan fingerprint density at radius 3 is 2.32 bits per heavy atom. The summed E-state index contributed by atoms with van der Waals surface area (Å²) in [7, 11) is 0. The molecule has 1 saturated carbocycles. The van der Waals surface area contributed by atoms with E-state index in [1.165, 1.54) is 0 Å². The van der Waals surface area contributed by atoms with Crippen molar-refractivity contribution in [3.63, 3.8) is 0 Å². The van der Waals surface area contributed by atoms with Crippen molar-refractivity contribution in [2.45, 2.75) is 32.6 Å². The molecule has 3 aromatic carbocycles. The van der Waals surface area contributed by atoms with E-state index in [9.17, 15) is 9.59 Å². The highest BCUT2D eigenvalue weighted by Gasteiger charge is 2.29. The Bertz CT molecular complexity index is 1350. The van der Waals surface area contributed by atoms with Gasteiger partial charge in [-0.05, 0) is 67.6 Å². The van der Waals surface area contributed by atoms with Gasteiger partial charge in [0.05, 0.1) is 10.2 Å². The molecule has 0 bridgehead atoms. The number of benzene rings is 3. The maximum atomic E-state index is 13.0. The highest BCUT2D eigenvalue weighted by atomic mass is 35.5.